The number of carboxylic acids is 1. The standard InChI is InChI=1S/C12H15N3O5/c1-20-10-5-8(4-9(6-10)15(18)19)14-3-2-12(13,7-14)11(16)17/h4-6H,2-3,7,13H2,1H3,(H,16,17). The predicted octanol–water partition coefficient (Wildman–Crippen LogP) is 0.596. The van der Waals surface area contributed by atoms with Crippen LogP contribution >= 0.6 is 0 Å². The Morgan fingerprint density at radius 2 is 2.25 bits per heavy atom. The highest BCUT2D eigenvalue weighted by Gasteiger charge is 2.41. The second kappa shape index (κ2) is 4.97. The molecule has 1 aliphatic rings. The maximum absolute atomic E-state index is 11.1. The van der Waals surface area contributed by atoms with Crippen LogP contribution in [-0.2, 0) is 4.79 Å². The fourth-order valence-electron chi connectivity index (χ4n) is 2.20. The average Bonchev–Trinajstić information content (AvgIpc) is 2.82. The number of ether oxygens (including phenoxy) is 1. The summed E-state index contributed by atoms with van der Waals surface area (Å²) in [6.45, 7) is 0.528. The Labute approximate surface area is 114 Å². The van der Waals surface area contributed by atoms with Gasteiger partial charge in [-0.15, -0.1) is 0 Å². The molecule has 0 spiro atoms. The van der Waals surface area contributed by atoms with Crippen molar-refractivity contribution >= 4 is 17.3 Å². The number of nitrogens with two attached hydrogens (primary N) is 1. The van der Waals surface area contributed by atoms with Crippen LogP contribution in [0.15, 0.2) is 18.2 Å². The van der Waals surface area contributed by atoms with Crippen LogP contribution in [0.3, 0.4) is 0 Å². The molecule has 0 aliphatic carbocycles. The molecule has 0 radical (unpaired) electrons. The number of nitrogens with zero attached hydrogens (tertiary/aromatic N) is 2. The molecule has 0 aromatic heterocycles. The first-order valence-corrected chi connectivity index (χ1v) is 5.96. The number of hydrogen-bond donors (Lipinski definition) is 2. The van der Waals surface area contributed by atoms with E-state index in [1.165, 1.54) is 19.2 Å². The van der Waals surface area contributed by atoms with Crippen molar-refractivity contribution in [3.05, 3.63) is 28.3 Å². The molecule has 1 aliphatic heterocycles. The van der Waals surface area contributed by atoms with Gasteiger partial charge >= 0.3 is 5.97 Å². The van der Waals surface area contributed by atoms with Gasteiger partial charge in [0.2, 0.25) is 0 Å². The molecule has 0 saturated carbocycles. The van der Waals surface area contributed by atoms with Gasteiger partial charge in [0.05, 0.1) is 18.1 Å². The molecule has 1 atom stereocenters. The van der Waals surface area contributed by atoms with Crippen LogP contribution in [0.4, 0.5) is 11.4 Å². The van der Waals surface area contributed by atoms with Crippen LogP contribution in [0.25, 0.3) is 0 Å². The SMILES string of the molecule is COc1cc(N2CCC(N)(C(=O)O)C2)cc([N+](=O)[O-])c1. The van der Waals surface area contributed by atoms with E-state index in [9.17, 15) is 14.9 Å². The van der Waals surface area contributed by atoms with E-state index < -0.39 is 16.4 Å². The van der Waals surface area contributed by atoms with Gasteiger partial charge in [0.25, 0.3) is 5.69 Å². The van der Waals surface area contributed by atoms with Crippen LogP contribution in [0, 0.1) is 10.1 Å². The smallest absolute Gasteiger partial charge is 0.325 e. The predicted molar refractivity (Wildman–Crippen MR) is 71.0 cm³/mol. The third-order valence-corrected chi connectivity index (χ3v) is 3.41. The minimum Gasteiger partial charge on any atom is -0.496 e. The molecule has 8 nitrogen and oxygen atoms in total. The fourth-order valence-corrected chi connectivity index (χ4v) is 2.20. The fraction of sp³-hybridized carbons (Fsp3) is 0.417. The van der Waals surface area contributed by atoms with Gasteiger partial charge in [-0.2, -0.15) is 0 Å². The molecule has 1 saturated heterocycles. The number of rotatable bonds is 4. The number of methoxy groups -OCH3 is 1. The van der Waals surface area contributed by atoms with E-state index in [1.807, 2.05) is 0 Å². The number of anilines is 1. The molecule has 1 heterocycles. The van der Waals surface area contributed by atoms with Crippen molar-refractivity contribution in [3.63, 3.8) is 0 Å². The largest absolute Gasteiger partial charge is 0.496 e. The van der Waals surface area contributed by atoms with Gasteiger partial charge < -0.3 is 20.5 Å². The Kier molecular flexibility index (Phi) is 3.49. The molecule has 20 heavy (non-hydrogen) atoms. The zero-order chi connectivity index (χ0) is 14.9. The quantitative estimate of drug-likeness (QED) is 0.612. The molecule has 3 N–H and O–H groups in total. The normalized spacial score (nSPS) is 21.8. The second-order valence-electron chi connectivity index (χ2n) is 4.78. The maximum atomic E-state index is 11.1. The van der Waals surface area contributed by atoms with Crippen LogP contribution in [-0.4, -0.2) is 41.7 Å². The number of nitro benzene ring substituents is 1. The minimum absolute atomic E-state index is 0.104. The van der Waals surface area contributed by atoms with Gasteiger partial charge in [-0.25, -0.2) is 0 Å². The Morgan fingerprint density at radius 3 is 2.75 bits per heavy atom. The number of non-ortho nitro benzene ring substituents is 1. The molecular weight excluding hydrogens is 266 g/mol. The molecule has 1 fully saturated rings. The summed E-state index contributed by atoms with van der Waals surface area (Å²) in [7, 11) is 1.41. The molecular formula is C12H15N3O5. The lowest BCUT2D eigenvalue weighted by Gasteiger charge is -2.22. The Hall–Kier alpha value is -2.35. The summed E-state index contributed by atoms with van der Waals surface area (Å²) in [4.78, 5) is 23.2. The van der Waals surface area contributed by atoms with Crippen molar-refractivity contribution in [3.8, 4) is 5.75 Å². The summed E-state index contributed by atoms with van der Waals surface area (Å²) in [5.74, 6) is -0.726. The Bertz CT molecular complexity index is 562. The number of benzene rings is 1. The van der Waals surface area contributed by atoms with Crippen molar-refractivity contribution in [2.24, 2.45) is 5.73 Å². The van der Waals surface area contributed by atoms with Crippen molar-refractivity contribution in [2.45, 2.75) is 12.0 Å². The van der Waals surface area contributed by atoms with Gasteiger partial charge in [-0.05, 0) is 6.42 Å². The lowest BCUT2D eigenvalue weighted by atomic mass is 10.0. The molecule has 2 rings (SSSR count). The summed E-state index contributed by atoms with van der Waals surface area (Å²) < 4.78 is 5.03. The van der Waals surface area contributed by atoms with Crippen molar-refractivity contribution in [2.75, 3.05) is 25.1 Å². The van der Waals surface area contributed by atoms with E-state index in [0.717, 1.165) is 0 Å². The molecule has 8 heteroatoms. The number of aliphatic carboxylic acids is 1. The maximum Gasteiger partial charge on any atom is 0.325 e. The lowest BCUT2D eigenvalue weighted by molar-refractivity contribution is -0.384. The van der Waals surface area contributed by atoms with E-state index in [0.29, 0.717) is 18.0 Å². The summed E-state index contributed by atoms with van der Waals surface area (Å²) in [6.07, 6.45) is 0.285. The highest BCUT2D eigenvalue weighted by atomic mass is 16.6. The van der Waals surface area contributed by atoms with Gasteiger partial charge in [-0.1, -0.05) is 0 Å². The summed E-state index contributed by atoms with van der Waals surface area (Å²) in [5, 5.41) is 20.0. The van der Waals surface area contributed by atoms with Crippen molar-refractivity contribution in [1.82, 2.24) is 0 Å². The monoisotopic (exact) mass is 281 g/mol. The third-order valence-electron chi connectivity index (χ3n) is 3.41. The highest BCUT2D eigenvalue weighted by molar-refractivity contribution is 5.81. The van der Waals surface area contributed by atoms with E-state index in [-0.39, 0.29) is 18.7 Å². The summed E-state index contributed by atoms with van der Waals surface area (Å²) in [6, 6.07) is 4.32. The van der Waals surface area contributed by atoms with E-state index in [4.69, 9.17) is 15.6 Å². The van der Waals surface area contributed by atoms with Crippen LogP contribution in [0.1, 0.15) is 6.42 Å². The zero-order valence-electron chi connectivity index (χ0n) is 10.9. The second-order valence-corrected chi connectivity index (χ2v) is 4.78. The van der Waals surface area contributed by atoms with Crippen LogP contribution in [0.5, 0.6) is 5.75 Å². The third kappa shape index (κ3) is 2.50. The van der Waals surface area contributed by atoms with Gasteiger partial charge in [-0.3, -0.25) is 14.9 Å². The van der Waals surface area contributed by atoms with Gasteiger partial charge in [0.1, 0.15) is 11.3 Å². The molecule has 0 bridgehead atoms. The Morgan fingerprint density at radius 1 is 1.55 bits per heavy atom. The van der Waals surface area contributed by atoms with Crippen LogP contribution < -0.4 is 15.4 Å². The molecule has 0 amide bonds. The molecule has 1 aromatic carbocycles. The number of carboxylic acid groups (broad SMARTS) is 1. The van der Waals surface area contributed by atoms with Crippen LogP contribution in [0.2, 0.25) is 0 Å². The van der Waals surface area contributed by atoms with Crippen molar-refractivity contribution in [1.29, 1.82) is 0 Å². The summed E-state index contributed by atoms with van der Waals surface area (Å²) in [5.41, 5.74) is 4.89. The van der Waals surface area contributed by atoms with Gasteiger partial charge in [0.15, 0.2) is 0 Å². The van der Waals surface area contributed by atoms with Gasteiger partial charge in [0, 0.05) is 30.9 Å². The first-order chi connectivity index (χ1) is 9.35. The van der Waals surface area contributed by atoms with E-state index >= 15 is 0 Å². The van der Waals surface area contributed by atoms with E-state index in [1.54, 1.807) is 11.0 Å². The first kappa shape index (κ1) is 14.1. The van der Waals surface area contributed by atoms with Crippen molar-refractivity contribution < 1.29 is 19.6 Å². The molecule has 108 valence electrons. The Balaban J connectivity index is 2.32. The topological polar surface area (TPSA) is 119 Å². The first-order valence-electron chi connectivity index (χ1n) is 5.96. The minimum atomic E-state index is -1.32. The number of hydrogen-bond acceptors (Lipinski definition) is 6. The highest BCUT2D eigenvalue weighted by Crippen LogP contribution is 2.32. The molecule has 1 aromatic rings. The number of nitro groups is 1. The zero-order valence-corrected chi connectivity index (χ0v) is 10.9. The lowest BCUT2D eigenvalue weighted by Crippen LogP contribution is -2.50. The van der Waals surface area contributed by atoms with E-state index in [2.05, 4.69) is 0 Å². The molecule has 1 unspecified atom stereocenters. The summed E-state index contributed by atoms with van der Waals surface area (Å²) >= 11 is 0. The average molecular weight is 281 g/mol. The number of carbonyl (C=O) groups is 1.